The van der Waals surface area contributed by atoms with E-state index in [1.165, 1.54) is 18.4 Å². The van der Waals surface area contributed by atoms with Gasteiger partial charge in [0.15, 0.2) is 0 Å². The number of anilines is 1. The van der Waals surface area contributed by atoms with Crippen LogP contribution in [0, 0.1) is 18.8 Å². The maximum Gasteiger partial charge on any atom is 0.350 e. The fourth-order valence-corrected chi connectivity index (χ4v) is 2.81. The molecule has 4 nitrogen and oxygen atoms in total. The lowest BCUT2D eigenvalue weighted by Gasteiger charge is -2.12. The van der Waals surface area contributed by atoms with Crippen molar-refractivity contribution in [1.82, 2.24) is 0 Å². The Kier molecular flexibility index (Phi) is 3.71. The van der Waals surface area contributed by atoms with E-state index in [1.54, 1.807) is 0 Å². The normalized spacial score (nSPS) is 16.2. The van der Waals surface area contributed by atoms with Crippen molar-refractivity contribution in [1.29, 1.82) is 0 Å². The van der Waals surface area contributed by atoms with Crippen molar-refractivity contribution >= 4 is 28.9 Å². The zero-order valence-electron chi connectivity index (χ0n) is 10.8. The first-order valence-corrected chi connectivity index (χ1v) is 6.89. The molecule has 0 aliphatic heterocycles. The monoisotopic (exact) mass is 267 g/mol. The molecule has 5 heteroatoms. The molecule has 1 aromatic heterocycles. The molecule has 0 radical (unpaired) electrons. The van der Waals surface area contributed by atoms with Crippen molar-refractivity contribution in [3.05, 3.63) is 15.8 Å². The highest BCUT2D eigenvalue weighted by Crippen LogP contribution is 2.37. The van der Waals surface area contributed by atoms with Gasteiger partial charge >= 0.3 is 5.97 Å². The van der Waals surface area contributed by atoms with Crippen LogP contribution in [0.2, 0.25) is 0 Å². The number of esters is 1. The number of hydrogen-bond donors (Lipinski definition) is 1. The number of rotatable bonds is 4. The number of carbonyl (C=O) groups is 2. The summed E-state index contributed by atoms with van der Waals surface area (Å²) < 4.78 is 4.71. The van der Waals surface area contributed by atoms with Crippen molar-refractivity contribution in [2.75, 3.05) is 12.4 Å². The summed E-state index contributed by atoms with van der Waals surface area (Å²) in [4.78, 5) is 24.1. The van der Waals surface area contributed by atoms with Crippen molar-refractivity contribution in [3.63, 3.8) is 0 Å². The average Bonchev–Trinajstić information content (AvgIpc) is 3.14. The Morgan fingerprint density at radius 3 is 2.72 bits per heavy atom. The molecule has 1 atom stereocenters. The van der Waals surface area contributed by atoms with Crippen LogP contribution in [0.15, 0.2) is 5.38 Å². The molecule has 0 saturated heterocycles. The molecule has 0 spiro atoms. The quantitative estimate of drug-likeness (QED) is 0.853. The van der Waals surface area contributed by atoms with Crippen molar-refractivity contribution < 1.29 is 14.3 Å². The van der Waals surface area contributed by atoms with Crippen LogP contribution in [0.1, 0.15) is 35.0 Å². The Labute approximate surface area is 110 Å². The summed E-state index contributed by atoms with van der Waals surface area (Å²) in [6, 6.07) is 0. The van der Waals surface area contributed by atoms with E-state index >= 15 is 0 Å². The maximum absolute atomic E-state index is 12.0. The van der Waals surface area contributed by atoms with Gasteiger partial charge in [-0.05, 0) is 36.6 Å². The van der Waals surface area contributed by atoms with Crippen LogP contribution < -0.4 is 5.32 Å². The van der Waals surface area contributed by atoms with Gasteiger partial charge in [-0.1, -0.05) is 6.92 Å². The van der Waals surface area contributed by atoms with E-state index in [9.17, 15) is 9.59 Å². The first-order chi connectivity index (χ1) is 8.54. The van der Waals surface area contributed by atoms with Gasteiger partial charge in [0, 0.05) is 5.92 Å². The van der Waals surface area contributed by atoms with E-state index < -0.39 is 5.97 Å². The molecule has 1 fully saturated rings. The number of hydrogen-bond acceptors (Lipinski definition) is 4. The molecule has 1 N–H and O–H groups in total. The smallest absolute Gasteiger partial charge is 0.350 e. The van der Waals surface area contributed by atoms with Crippen molar-refractivity contribution in [3.8, 4) is 0 Å². The van der Waals surface area contributed by atoms with Gasteiger partial charge in [0.2, 0.25) is 5.91 Å². The van der Waals surface area contributed by atoms with E-state index in [2.05, 4.69) is 5.32 Å². The number of amides is 1. The average molecular weight is 267 g/mol. The number of thiophene rings is 1. The molecule has 1 amide bonds. The predicted octanol–water partition coefficient (Wildman–Crippen LogP) is 2.83. The highest BCUT2D eigenvalue weighted by Gasteiger charge is 2.33. The third-order valence-corrected chi connectivity index (χ3v) is 4.41. The third kappa shape index (κ3) is 2.56. The molecule has 1 heterocycles. The van der Waals surface area contributed by atoms with Crippen LogP contribution in [0.3, 0.4) is 0 Å². The Morgan fingerprint density at radius 2 is 2.17 bits per heavy atom. The number of aryl methyl sites for hydroxylation is 1. The van der Waals surface area contributed by atoms with Crippen LogP contribution in [0.5, 0.6) is 0 Å². The highest BCUT2D eigenvalue weighted by atomic mass is 32.1. The van der Waals surface area contributed by atoms with Gasteiger partial charge < -0.3 is 10.1 Å². The maximum atomic E-state index is 12.0. The second-order valence-electron chi connectivity index (χ2n) is 4.73. The van der Waals surface area contributed by atoms with Crippen LogP contribution in [-0.2, 0) is 9.53 Å². The number of methoxy groups -OCH3 is 1. The predicted molar refractivity (Wildman–Crippen MR) is 70.9 cm³/mol. The molecular weight excluding hydrogens is 250 g/mol. The summed E-state index contributed by atoms with van der Waals surface area (Å²) in [6.07, 6.45) is 2.25. The Morgan fingerprint density at radius 1 is 1.50 bits per heavy atom. The zero-order chi connectivity index (χ0) is 13.3. The lowest BCUT2D eigenvalue weighted by atomic mass is 10.1. The summed E-state index contributed by atoms with van der Waals surface area (Å²) in [6.45, 7) is 3.81. The Balaban J connectivity index is 2.14. The van der Waals surface area contributed by atoms with Crippen molar-refractivity contribution in [2.24, 2.45) is 11.8 Å². The minimum absolute atomic E-state index is 0.00907. The standard InChI is InChI=1S/C13H17NO3S/c1-7-6-18-11(13(16)17-3)10(7)14-12(15)8(2)9-4-5-9/h6,8-9H,4-5H2,1-3H3,(H,14,15). The molecule has 0 aromatic carbocycles. The van der Waals surface area contributed by atoms with Crippen LogP contribution in [0.25, 0.3) is 0 Å². The lowest BCUT2D eigenvalue weighted by Crippen LogP contribution is -2.23. The number of ether oxygens (including phenoxy) is 1. The van der Waals surface area contributed by atoms with E-state index in [1.807, 2.05) is 19.2 Å². The van der Waals surface area contributed by atoms with Gasteiger partial charge in [-0.25, -0.2) is 4.79 Å². The summed E-state index contributed by atoms with van der Waals surface area (Å²) in [5.41, 5.74) is 1.50. The van der Waals surface area contributed by atoms with Gasteiger partial charge in [0.05, 0.1) is 12.8 Å². The molecule has 2 rings (SSSR count). The largest absolute Gasteiger partial charge is 0.465 e. The molecule has 18 heavy (non-hydrogen) atoms. The molecule has 1 aliphatic carbocycles. The van der Waals surface area contributed by atoms with Crippen LogP contribution >= 0.6 is 11.3 Å². The zero-order valence-corrected chi connectivity index (χ0v) is 11.6. The second kappa shape index (κ2) is 5.10. The van der Waals surface area contributed by atoms with E-state index in [0.29, 0.717) is 16.5 Å². The van der Waals surface area contributed by atoms with Gasteiger partial charge in [-0.3, -0.25) is 4.79 Å². The first-order valence-electron chi connectivity index (χ1n) is 6.01. The van der Waals surface area contributed by atoms with E-state index in [-0.39, 0.29) is 11.8 Å². The summed E-state index contributed by atoms with van der Waals surface area (Å²) >= 11 is 1.30. The second-order valence-corrected chi connectivity index (χ2v) is 5.61. The molecule has 1 saturated carbocycles. The Bertz CT molecular complexity index is 477. The number of nitrogens with one attached hydrogen (secondary N) is 1. The van der Waals surface area contributed by atoms with Gasteiger partial charge in [0.1, 0.15) is 4.88 Å². The van der Waals surface area contributed by atoms with E-state index in [0.717, 1.165) is 18.4 Å². The minimum Gasteiger partial charge on any atom is -0.465 e. The van der Waals surface area contributed by atoms with E-state index in [4.69, 9.17) is 4.74 Å². The molecular formula is C13H17NO3S. The molecule has 1 aromatic rings. The molecule has 1 unspecified atom stereocenters. The van der Waals surface area contributed by atoms with Gasteiger partial charge in [0.25, 0.3) is 0 Å². The number of carbonyl (C=O) groups excluding carboxylic acids is 2. The summed E-state index contributed by atoms with van der Waals surface area (Å²) in [5, 5.41) is 4.72. The van der Waals surface area contributed by atoms with Crippen LogP contribution in [0.4, 0.5) is 5.69 Å². The summed E-state index contributed by atoms with van der Waals surface area (Å²) in [7, 11) is 1.34. The fourth-order valence-electron chi connectivity index (χ4n) is 1.89. The fraction of sp³-hybridized carbons (Fsp3) is 0.538. The highest BCUT2D eigenvalue weighted by molar-refractivity contribution is 7.12. The Hall–Kier alpha value is -1.36. The van der Waals surface area contributed by atoms with Crippen LogP contribution in [-0.4, -0.2) is 19.0 Å². The van der Waals surface area contributed by atoms with Gasteiger partial charge in [-0.2, -0.15) is 0 Å². The minimum atomic E-state index is -0.400. The first kappa shape index (κ1) is 13.1. The summed E-state index contributed by atoms with van der Waals surface area (Å²) in [5.74, 6) is 0.104. The molecule has 0 bridgehead atoms. The molecule has 1 aliphatic rings. The third-order valence-electron chi connectivity index (χ3n) is 3.34. The van der Waals surface area contributed by atoms with Crippen molar-refractivity contribution in [2.45, 2.75) is 26.7 Å². The molecule has 98 valence electrons. The lowest BCUT2D eigenvalue weighted by molar-refractivity contribution is -0.119. The SMILES string of the molecule is COC(=O)c1scc(C)c1NC(=O)C(C)C1CC1. The topological polar surface area (TPSA) is 55.4 Å². The van der Waals surface area contributed by atoms with Gasteiger partial charge in [-0.15, -0.1) is 11.3 Å².